The van der Waals surface area contributed by atoms with Crippen molar-refractivity contribution in [1.29, 1.82) is 0 Å². The monoisotopic (exact) mass is 238 g/mol. The van der Waals surface area contributed by atoms with E-state index < -0.39 is 0 Å². The first kappa shape index (κ1) is 12.6. The third-order valence-electron chi connectivity index (χ3n) is 3.51. The van der Waals surface area contributed by atoms with Crippen LogP contribution in [-0.2, 0) is 0 Å². The third-order valence-corrected chi connectivity index (χ3v) is 3.51. The zero-order valence-corrected chi connectivity index (χ0v) is 11.6. The molecule has 2 rings (SSSR count). The van der Waals surface area contributed by atoms with Gasteiger partial charge in [-0.25, -0.2) is 0 Å². The average Bonchev–Trinajstić information content (AvgIpc) is 2.38. The van der Waals surface area contributed by atoms with Gasteiger partial charge in [-0.1, -0.05) is 36.4 Å². The van der Waals surface area contributed by atoms with Crippen molar-refractivity contribution < 1.29 is 4.58 Å². The predicted octanol–water partition coefficient (Wildman–Crippen LogP) is 4.09. The van der Waals surface area contributed by atoms with Gasteiger partial charge in [0.1, 0.15) is 7.05 Å². The molecule has 2 aromatic carbocycles. The molecule has 0 saturated heterocycles. The van der Waals surface area contributed by atoms with E-state index in [1.54, 1.807) is 0 Å². The number of aryl methyl sites for hydroxylation is 2. The molecule has 1 heteroatoms. The van der Waals surface area contributed by atoms with Crippen LogP contribution in [0.5, 0.6) is 0 Å². The molecule has 0 N–H and O–H groups in total. The van der Waals surface area contributed by atoms with Crippen LogP contribution in [0.15, 0.2) is 48.5 Å². The molecule has 0 saturated carbocycles. The Morgan fingerprint density at radius 2 is 1.39 bits per heavy atom. The molecule has 0 spiro atoms. The van der Waals surface area contributed by atoms with Crippen LogP contribution in [0.3, 0.4) is 0 Å². The second-order valence-corrected chi connectivity index (χ2v) is 4.75. The van der Waals surface area contributed by atoms with Crippen molar-refractivity contribution in [3.05, 3.63) is 65.2 Å². The van der Waals surface area contributed by atoms with Crippen molar-refractivity contribution >= 4 is 11.4 Å². The first-order valence-electron chi connectivity index (χ1n) is 6.30. The maximum absolute atomic E-state index is 2.26. The van der Waals surface area contributed by atoms with Gasteiger partial charge in [-0.3, -0.25) is 0 Å². The average molecular weight is 238 g/mol. The highest BCUT2D eigenvalue weighted by atomic mass is 15.0. The van der Waals surface area contributed by atoms with Crippen molar-refractivity contribution in [2.75, 3.05) is 7.05 Å². The number of benzene rings is 2. The topological polar surface area (TPSA) is 3.01 Å². The summed E-state index contributed by atoms with van der Waals surface area (Å²) in [5.41, 5.74) is 6.47. The summed E-state index contributed by atoms with van der Waals surface area (Å²) in [5.74, 6) is 0. The Morgan fingerprint density at radius 3 is 2.00 bits per heavy atom. The molecule has 0 aliphatic heterocycles. The van der Waals surface area contributed by atoms with Gasteiger partial charge in [0.2, 0.25) is 5.69 Å². The van der Waals surface area contributed by atoms with E-state index in [9.17, 15) is 0 Å². The summed E-state index contributed by atoms with van der Waals surface area (Å²) in [6, 6.07) is 17.0. The van der Waals surface area contributed by atoms with Crippen LogP contribution < -0.4 is 0 Å². The molecule has 0 aromatic heterocycles. The quantitative estimate of drug-likeness (QED) is 0.547. The highest BCUT2D eigenvalue weighted by Crippen LogP contribution is 2.18. The first-order chi connectivity index (χ1) is 8.61. The van der Waals surface area contributed by atoms with Crippen LogP contribution in [0.2, 0.25) is 0 Å². The first-order valence-corrected chi connectivity index (χ1v) is 6.30. The fourth-order valence-corrected chi connectivity index (χ4v) is 2.28. The van der Waals surface area contributed by atoms with Crippen molar-refractivity contribution in [2.45, 2.75) is 20.8 Å². The van der Waals surface area contributed by atoms with Crippen LogP contribution in [-0.4, -0.2) is 17.3 Å². The molecule has 92 valence electrons. The lowest BCUT2D eigenvalue weighted by atomic mass is 10.0. The Bertz CT molecular complexity index is 541. The summed E-state index contributed by atoms with van der Waals surface area (Å²) < 4.78 is 2.26. The molecule has 2 aromatic rings. The minimum Gasteiger partial charge on any atom is -0.198 e. The van der Waals surface area contributed by atoms with Gasteiger partial charge in [-0.05, 0) is 25.5 Å². The van der Waals surface area contributed by atoms with E-state index in [0.717, 1.165) is 0 Å². The number of hydrogen-bond acceptors (Lipinski definition) is 0. The summed E-state index contributed by atoms with van der Waals surface area (Å²) in [6.45, 7) is 6.48. The van der Waals surface area contributed by atoms with Gasteiger partial charge in [0.25, 0.3) is 0 Å². The molecule has 0 radical (unpaired) electrons. The van der Waals surface area contributed by atoms with E-state index >= 15 is 0 Å². The zero-order chi connectivity index (χ0) is 13.1. The largest absolute Gasteiger partial charge is 0.208 e. The van der Waals surface area contributed by atoms with Gasteiger partial charge >= 0.3 is 0 Å². The van der Waals surface area contributed by atoms with Crippen LogP contribution >= 0.6 is 0 Å². The molecule has 0 aliphatic carbocycles. The molecule has 1 nitrogen and oxygen atoms in total. The fourth-order valence-electron chi connectivity index (χ4n) is 2.28. The van der Waals surface area contributed by atoms with Crippen LogP contribution in [0, 0.1) is 13.8 Å². The van der Waals surface area contributed by atoms with Gasteiger partial charge < -0.3 is 0 Å². The molecular weight excluding hydrogens is 218 g/mol. The van der Waals surface area contributed by atoms with Crippen molar-refractivity contribution in [3.8, 4) is 0 Å². The molecule has 0 fully saturated rings. The van der Waals surface area contributed by atoms with E-state index in [1.807, 2.05) is 0 Å². The molecular formula is C17H20N+. The third kappa shape index (κ3) is 2.35. The number of nitrogens with zero attached hydrogens (tertiary/aromatic N) is 1. The Labute approximate surface area is 109 Å². The SMILES string of the molecule is CC(c1ccccc1C)=[N+](C)c1ccccc1C. The van der Waals surface area contributed by atoms with E-state index in [4.69, 9.17) is 0 Å². The Balaban J connectivity index is 2.55. The van der Waals surface area contributed by atoms with Gasteiger partial charge in [-0.15, -0.1) is 0 Å². The van der Waals surface area contributed by atoms with E-state index in [0.29, 0.717) is 0 Å². The second kappa shape index (κ2) is 5.18. The van der Waals surface area contributed by atoms with Gasteiger partial charge in [0, 0.05) is 24.1 Å². The number of rotatable bonds is 2. The minimum absolute atomic E-state index is 1.26. The second-order valence-electron chi connectivity index (χ2n) is 4.75. The summed E-state index contributed by atoms with van der Waals surface area (Å²) in [5, 5.41) is 0. The van der Waals surface area contributed by atoms with E-state index in [-0.39, 0.29) is 0 Å². The molecule has 18 heavy (non-hydrogen) atoms. The maximum atomic E-state index is 2.26. The van der Waals surface area contributed by atoms with E-state index in [2.05, 4.69) is 80.9 Å². The Kier molecular flexibility index (Phi) is 3.61. The predicted molar refractivity (Wildman–Crippen MR) is 78.0 cm³/mol. The molecule has 0 unspecified atom stereocenters. The van der Waals surface area contributed by atoms with Gasteiger partial charge in [-0.2, -0.15) is 4.58 Å². The summed E-state index contributed by atoms with van der Waals surface area (Å²) >= 11 is 0. The molecule has 0 atom stereocenters. The molecule has 0 aliphatic rings. The van der Waals surface area contributed by atoms with Crippen molar-refractivity contribution in [2.24, 2.45) is 0 Å². The lowest BCUT2D eigenvalue weighted by Crippen LogP contribution is -2.13. The Morgan fingerprint density at radius 1 is 0.833 bits per heavy atom. The minimum atomic E-state index is 1.26. The summed E-state index contributed by atoms with van der Waals surface area (Å²) in [6.07, 6.45) is 0. The van der Waals surface area contributed by atoms with E-state index in [1.165, 1.54) is 28.1 Å². The highest BCUT2D eigenvalue weighted by Gasteiger charge is 2.14. The fraction of sp³-hybridized carbons (Fsp3) is 0.235. The lowest BCUT2D eigenvalue weighted by Gasteiger charge is -2.07. The van der Waals surface area contributed by atoms with Crippen LogP contribution in [0.25, 0.3) is 0 Å². The van der Waals surface area contributed by atoms with Crippen LogP contribution in [0.1, 0.15) is 23.6 Å². The number of hydrogen-bond donors (Lipinski definition) is 0. The normalized spacial score (nSPS) is 12.2. The zero-order valence-electron chi connectivity index (χ0n) is 11.6. The highest BCUT2D eigenvalue weighted by molar-refractivity contribution is 5.96. The smallest absolute Gasteiger partial charge is 0.198 e. The van der Waals surface area contributed by atoms with Crippen molar-refractivity contribution in [3.63, 3.8) is 0 Å². The summed E-state index contributed by atoms with van der Waals surface area (Å²) in [4.78, 5) is 0. The standard InChI is InChI=1S/C17H20N/c1-13-9-5-7-11-16(13)15(3)18(4)17-12-8-6-10-14(17)2/h5-12H,1-4H3/q+1. The Hall–Kier alpha value is -1.89. The van der Waals surface area contributed by atoms with Crippen LogP contribution in [0.4, 0.5) is 5.69 Å². The van der Waals surface area contributed by atoms with Gasteiger partial charge in [0.15, 0.2) is 5.71 Å². The van der Waals surface area contributed by atoms with Crippen molar-refractivity contribution in [1.82, 2.24) is 0 Å². The molecule has 0 amide bonds. The molecule has 0 heterocycles. The van der Waals surface area contributed by atoms with Gasteiger partial charge in [0.05, 0.1) is 0 Å². The number of para-hydroxylation sites is 1. The summed E-state index contributed by atoms with van der Waals surface area (Å²) in [7, 11) is 2.13. The maximum Gasteiger partial charge on any atom is 0.208 e. The lowest BCUT2D eigenvalue weighted by molar-refractivity contribution is -0.405. The molecule has 0 bridgehead atoms.